The zero-order valence-corrected chi connectivity index (χ0v) is 21.4. The number of anilines is 2. The molecule has 0 spiro atoms. The van der Waals surface area contributed by atoms with Gasteiger partial charge in [0.1, 0.15) is 12.4 Å². The molecule has 2 rings (SSSR count). The number of nitrogens with one attached hydrogen (secondary N) is 2. The van der Waals surface area contributed by atoms with Gasteiger partial charge in [-0.1, -0.05) is 50.9 Å². The molecule has 0 fully saturated rings. The van der Waals surface area contributed by atoms with Gasteiger partial charge in [0, 0.05) is 23.7 Å². The van der Waals surface area contributed by atoms with Gasteiger partial charge in [-0.3, -0.25) is 4.79 Å². The first-order valence-corrected chi connectivity index (χ1v) is 11.4. The number of hydrogen-bond acceptors (Lipinski definition) is 3. The number of aromatic nitrogens is 2. The maximum atomic E-state index is 12.9. The van der Waals surface area contributed by atoms with E-state index in [0.717, 1.165) is 5.69 Å². The van der Waals surface area contributed by atoms with Gasteiger partial charge in [-0.25, -0.2) is 9.48 Å². The molecule has 176 valence electrons. The Kier molecular flexibility index (Phi) is 8.23. The smallest absolute Gasteiger partial charge is 0.315 e. The SMILES string of the molecule is CCCN(CC(=O)Nc1cc(C(C)(C)C)nn1C(C)(C)C)C(=O)Nc1ccc(Cl)c(Cl)c1. The number of rotatable bonds is 6. The monoisotopic (exact) mass is 481 g/mol. The van der Waals surface area contributed by atoms with E-state index in [1.165, 1.54) is 4.90 Å². The quantitative estimate of drug-likeness (QED) is 0.520. The van der Waals surface area contributed by atoms with Gasteiger partial charge >= 0.3 is 6.03 Å². The number of hydrogen-bond donors (Lipinski definition) is 2. The summed E-state index contributed by atoms with van der Waals surface area (Å²) < 4.78 is 1.81. The van der Waals surface area contributed by atoms with Crippen molar-refractivity contribution in [2.75, 3.05) is 23.7 Å². The predicted molar refractivity (Wildman–Crippen MR) is 132 cm³/mol. The second-order valence-electron chi connectivity index (χ2n) is 9.78. The average molecular weight is 482 g/mol. The minimum Gasteiger partial charge on any atom is -0.315 e. The Hall–Kier alpha value is -2.25. The van der Waals surface area contributed by atoms with Crippen LogP contribution in [0.2, 0.25) is 10.0 Å². The summed E-state index contributed by atoms with van der Waals surface area (Å²) in [5.74, 6) is 0.308. The van der Waals surface area contributed by atoms with Crippen molar-refractivity contribution in [3.05, 3.63) is 40.0 Å². The molecule has 1 aromatic carbocycles. The van der Waals surface area contributed by atoms with E-state index in [0.29, 0.717) is 34.5 Å². The van der Waals surface area contributed by atoms with Crippen LogP contribution in [-0.2, 0) is 15.7 Å². The molecule has 9 heteroatoms. The number of amides is 3. The summed E-state index contributed by atoms with van der Waals surface area (Å²) in [5, 5.41) is 11.2. The Labute approximate surface area is 200 Å². The van der Waals surface area contributed by atoms with Crippen molar-refractivity contribution in [3.8, 4) is 0 Å². The number of carbonyl (C=O) groups is 2. The number of halogens is 2. The highest BCUT2D eigenvalue weighted by Gasteiger charge is 2.26. The molecule has 1 aromatic heterocycles. The molecule has 32 heavy (non-hydrogen) atoms. The fourth-order valence-corrected chi connectivity index (χ4v) is 3.30. The molecule has 0 aliphatic rings. The van der Waals surface area contributed by atoms with Gasteiger partial charge in [0.25, 0.3) is 0 Å². The van der Waals surface area contributed by atoms with Crippen LogP contribution in [0, 0.1) is 0 Å². The minimum atomic E-state index is -0.389. The van der Waals surface area contributed by atoms with Crippen LogP contribution in [0.4, 0.5) is 16.3 Å². The molecule has 2 N–H and O–H groups in total. The molecule has 0 aliphatic heterocycles. The molecule has 0 unspecified atom stereocenters. The van der Waals surface area contributed by atoms with Gasteiger partial charge in [-0.05, 0) is 45.4 Å². The van der Waals surface area contributed by atoms with Crippen molar-refractivity contribution < 1.29 is 9.59 Å². The second kappa shape index (κ2) is 10.1. The molecule has 0 radical (unpaired) electrons. The molecule has 0 atom stereocenters. The molecule has 7 nitrogen and oxygen atoms in total. The van der Waals surface area contributed by atoms with Crippen LogP contribution in [0.5, 0.6) is 0 Å². The van der Waals surface area contributed by atoms with E-state index >= 15 is 0 Å². The van der Waals surface area contributed by atoms with Crippen molar-refractivity contribution >= 4 is 46.6 Å². The first-order valence-electron chi connectivity index (χ1n) is 10.6. The summed E-state index contributed by atoms with van der Waals surface area (Å²) in [5.41, 5.74) is 0.904. The minimum absolute atomic E-state index is 0.0961. The van der Waals surface area contributed by atoms with E-state index in [9.17, 15) is 9.59 Å². The topological polar surface area (TPSA) is 79.3 Å². The third-order valence-corrected chi connectivity index (χ3v) is 5.41. The molecule has 0 saturated carbocycles. The largest absolute Gasteiger partial charge is 0.322 e. The third kappa shape index (κ3) is 6.87. The van der Waals surface area contributed by atoms with Crippen molar-refractivity contribution in [1.29, 1.82) is 0 Å². The zero-order chi connectivity index (χ0) is 24.3. The van der Waals surface area contributed by atoms with Crippen LogP contribution in [0.15, 0.2) is 24.3 Å². The fraction of sp³-hybridized carbons (Fsp3) is 0.522. The second-order valence-corrected chi connectivity index (χ2v) is 10.6. The molecule has 0 aliphatic carbocycles. The Morgan fingerprint density at radius 1 is 1.03 bits per heavy atom. The van der Waals surface area contributed by atoms with Gasteiger partial charge in [-0.15, -0.1) is 0 Å². The van der Waals surface area contributed by atoms with Gasteiger partial charge in [0.05, 0.1) is 21.3 Å². The van der Waals surface area contributed by atoms with Crippen LogP contribution in [0.3, 0.4) is 0 Å². The van der Waals surface area contributed by atoms with E-state index in [1.807, 2.05) is 38.4 Å². The summed E-state index contributed by atoms with van der Waals surface area (Å²) in [4.78, 5) is 27.1. The third-order valence-electron chi connectivity index (χ3n) is 4.67. The summed E-state index contributed by atoms with van der Waals surface area (Å²) in [6, 6.07) is 6.34. The normalized spacial score (nSPS) is 11.9. The highest BCUT2D eigenvalue weighted by molar-refractivity contribution is 6.42. The van der Waals surface area contributed by atoms with E-state index < -0.39 is 0 Å². The van der Waals surface area contributed by atoms with Crippen molar-refractivity contribution in [3.63, 3.8) is 0 Å². The van der Waals surface area contributed by atoms with Gasteiger partial charge in [-0.2, -0.15) is 5.10 Å². The van der Waals surface area contributed by atoms with Gasteiger partial charge in [0.2, 0.25) is 5.91 Å². The Morgan fingerprint density at radius 2 is 1.69 bits per heavy atom. The molecule has 2 aromatic rings. The van der Waals surface area contributed by atoms with E-state index in [2.05, 4.69) is 31.4 Å². The lowest BCUT2D eigenvalue weighted by Gasteiger charge is -2.24. The zero-order valence-electron chi connectivity index (χ0n) is 19.8. The Bertz CT molecular complexity index is 974. The summed E-state index contributed by atoms with van der Waals surface area (Å²) in [7, 11) is 0. The Morgan fingerprint density at radius 3 is 2.22 bits per heavy atom. The van der Waals surface area contributed by atoms with Crippen molar-refractivity contribution in [1.82, 2.24) is 14.7 Å². The van der Waals surface area contributed by atoms with Crippen LogP contribution < -0.4 is 10.6 Å². The van der Waals surface area contributed by atoms with Crippen LogP contribution in [-0.4, -0.2) is 39.7 Å². The molecule has 1 heterocycles. The fourth-order valence-electron chi connectivity index (χ4n) is 3.00. The van der Waals surface area contributed by atoms with Crippen molar-refractivity contribution in [2.24, 2.45) is 0 Å². The van der Waals surface area contributed by atoms with Gasteiger partial charge < -0.3 is 15.5 Å². The van der Waals surface area contributed by atoms with Crippen LogP contribution >= 0.6 is 23.2 Å². The summed E-state index contributed by atoms with van der Waals surface area (Å²) in [6.07, 6.45) is 0.705. The van der Waals surface area contributed by atoms with Crippen molar-refractivity contribution in [2.45, 2.75) is 65.8 Å². The van der Waals surface area contributed by atoms with E-state index in [1.54, 1.807) is 18.2 Å². The summed E-state index contributed by atoms with van der Waals surface area (Å²) >= 11 is 12.0. The number of urea groups is 1. The van der Waals surface area contributed by atoms with Crippen LogP contribution in [0.1, 0.15) is 60.6 Å². The lowest BCUT2D eigenvalue weighted by Crippen LogP contribution is -2.41. The predicted octanol–water partition coefficient (Wildman–Crippen LogP) is 6.13. The molecule has 0 bridgehead atoms. The highest BCUT2D eigenvalue weighted by atomic mass is 35.5. The van der Waals surface area contributed by atoms with E-state index in [4.69, 9.17) is 28.3 Å². The first-order chi connectivity index (χ1) is 14.7. The number of nitrogens with zero attached hydrogens (tertiary/aromatic N) is 3. The molecular formula is C23H33Cl2N5O2. The highest BCUT2D eigenvalue weighted by Crippen LogP contribution is 2.28. The Balaban J connectivity index is 2.17. The maximum Gasteiger partial charge on any atom is 0.322 e. The van der Waals surface area contributed by atoms with Crippen LogP contribution in [0.25, 0.3) is 0 Å². The summed E-state index contributed by atoms with van der Waals surface area (Å²) in [6.45, 7) is 14.6. The molecular weight excluding hydrogens is 449 g/mol. The standard InChI is InChI=1S/C23H33Cl2N5O2/c1-8-11-29(21(32)26-15-9-10-16(24)17(25)12-15)14-20(31)27-19-13-18(22(2,3)4)28-30(19)23(5,6)7/h9-10,12-13H,8,11,14H2,1-7H3,(H,26,32)(H,27,31). The number of carbonyl (C=O) groups excluding carboxylic acids is 2. The average Bonchev–Trinajstić information content (AvgIpc) is 3.09. The number of benzene rings is 1. The molecule has 3 amide bonds. The van der Waals surface area contributed by atoms with Gasteiger partial charge in [0.15, 0.2) is 0 Å². The lowest BCUT2D eigenvalue weighted by atomic mass is 9.92. The van der Waals surface area contributed by atoms with E-state index in [-0.39, 0.29) is 29.4 Å². The first kappa shape index (κ1) is 26.0. The molecule has 0 saturated heterocycles. The lowest BCUT2D eigenvalue weighted by molar-refractivity contribution is -0.116. The maximum absolute atomic E-state index is 12.9.